The second kappa shape index (κ2) is 8.84. The number of hydrogen-bond acceptors (Lipinski definition) is 7. The maximum absolute atomic E-state index is 12.3. The van der Waals surface area contributed by atoms with Gasteiger partial charge < -0.3 is 19.0 Å². The van der Waals surface area contributed by atoms with Crippen molar-refractivity contribution >= 4 is 16.6 Å². The molecule has 0 aromatic carbocycles. The Kier molecular flexibility index (Phi) is 6.52. The lowest BCUT2D eigenvalue weighted by Crippen LogP contribution is -2.44. The second-order valence-corrected chi connectivity index (χ2v) is 13.6. The fraction of sp³-hybridized carbons (Fsp3) is 1.00. The largest absolute Gasteiger partial charge is 0.698 e. The van der Waals surface area contributed by atoms with Crippen LogP contribution in [-0.2, 0) is 27.5 Å². The summed E-state index contributed by atoms with van der Waals surface area (Å²) in [6, 6.07) is 0. The van der Waals surface area contributed by atoms with Crippen molar-refractivity contribution in [2.45, 2.75) is 76.2 Å². The molecule has 0 amide bonds. The number of hydrogen-bond donors (Lipinski definition) is 1. The summed E-state index contributed by atoms with van der Waals surface area (Å²) < 4.78 is 55.5. The fourth-order valence-corrected chi connectivity index (χ4v) is 4.26. The van der Waals surface area contributed by atoms with Crippen LogP contribution < -0.4 is 0 Å². The van der Waals surface area contributed by atoms with Gasteiger partial charge in [0.05, 0.1) is 16.0 Å². The number of aliphatic hydroxyl groups excluding tert-OH is 1. The van der Waals surface area contributed by atoms with E-state index in [2.05, 4.69) is 33.9 Å². The zero-order valence-electron chi connectivity index (χ0n) is 17.6. The van der Waals surface area contributed by atoms with E-state index in [1.807, 2.05) is 0 Å². The molecule has 2 heterocycles. The molecule has 2 aliphatic heterocycles. The van der Waals surface area contributed by atoms with Crippen molar-refractivity contribution in [3.8, 4) is 0 Å². The topological polar surface area (TPSA) is 83.5 Å². The van der Waals surface area contributed by atoms with Gasteiger partial charge in [-0.3, -0.25) is 0 Å². The van der Waals surface area contributed by atoms with Gasteiger partial charge >= 0.3 is 8.25 Å². The predicted octanol–water partition coefficient (Wildman–Crippen LogP) is 3.01. The minimum atomic E-state index is -2.49. The molecule has 0 aliphatic carbocycles. The minimum Gasteiger partial charge on any atom is -0.414 e. The molecular weight excluding hydrogens is 363 g/mol. The quantitative estimate of drug-likeness (QED) is 0.496. The molecular formula is C16H32O7PSi+. The number of ether oxygens (including phenoxy) is 2. The van der Waals surface area contributed by atoms with Crippen molar-refractivity contribution in [2.75, 3.05) is 26.4 Å². The van der Waals surface area contributed by atoms with E-state index in [0.717, 1.165) is 0 Å². The Morgan fingerprint density at radius 1 is 1.16 bits per heavy atom. The first-order valence-electron chi connectivity index (χ1n) is 9.79. The average molecular weight is 400 g/mol. The molecule has 4 unspecified atom stereocenters. The molecule has 146 valence electrons. The summed E-state index contributed by atoms with van der Waals surface area (Å²) in [5, 5.41) is 9.31. The van der Waals surface area contributed by atoms with E-state index in [1.165, 1.54) is 0 Å². The second-order valence-electron chi connectivity index (χ2n) is 7.92. The molecule has 2 rings (SSSR count). The van der Waals surface area contributed by atoms with Gasteiger partial charge in [0.1, 0.15) is 24.4 Å². The SMILES string of the molecule is [3H]C1CC(O[P+](=O)O[C@@H]2CC([3H])O[C@@H]2CO)[C@@H](CO[Si](C)(C)C(C)(C)C)O1. The Balaban J connectivity index is 1.89. The van der Waals surface area contributed by atoms with Gasteiger partial charge in [0.15, 0.2) is 8.32 Å². The van der Waals surface area contributed by atoms with Crippen LogP contribution >= 0.6 is 8.25 Å². The monoisotopic (exact) mass is 399 g/mol. The molecule has 7 atom stereocenters. The van der Waals surface area contributed by atoms with Gasteiger partial charge in [0.2, 0.25) is 0 Å². The summed E-state index contributed by atoms with van der Waals surface area (Å²) in [6.07, 6.45) is -1.89. The smallest absolute Gasteiger partial charge is 0.414 e. The summed E-state index contributed by atoms with van der Waals surface area (Å²) in [5.41, 5.74) is 0. The van der Waals surface area contributed by atoms with E-state index >= 15 is 0 Å². The molecule has 2 aliphatic rings. The Hall–Kier alpha value is 0.0769. The molecule has 2 saturated heterocycles. The van der Waals surface area contributed by atoms with Gasteiger partial charge in [-0.1, -0.05) is 20.8 Å². The highest BCUT2D eigenvalue weighted by molar-refractivity contribution is 7.33. The Labute approximate surface area is 155 Å². The molecule has 0 bridgehead atoms. The van der Waals surface area contributed by atoms with Gasteiger partial charge in [-0.15, -0.1) is 9.05 Å². The summed E-state index contributed by atoms with van der Waals surface area (Å²) in [4.78, 5) is 0. The van der Waals surface area contributed by atoms with E-state index in [1.54, 1.807) is 0 Å². The molecule has 7 nitrogen and oxygen atoms in total. The minimum absolute atomic E-state index is 0.0468. The third-order valence-corrected chi connectivity index (χ3v) is 10.5. The third kappa shape index (κ3) is 5.78. The first kappa shape index (κ1) is 18.4. The van der Waals surface area contributed by atoms with Crippen LogP contribution in [-0.4, -0.2) is 64.2 Å². The maximum Gasteiger partial charge on any atom is 0.698 e. The first-order chi connectivity index (χ1) is 12.4. The van der Waals surface area contributed by atoms with Crippen LogP contribution in [0.5, 0.6) is 0 Å². The van der Waals surface area contributed by atoms with E-state index in [4.69, 9.17) is 25.7 Å². The summed E-state index contributed by atoms with van der Waals surface area (Å²) in [7, 11) is -4.47. The van der Waals surface area contributed by atoms with Gasteiger partial charge in [-0.2, -0.15) is 0 Å². The zero-order chi connectivity index (χ0) is 20.4. The third-order valence-electron chi connectivity index (χ3n) is 5.07. The summed E-state index contributed by atoms with van der Waals surface area (Å²) in [5.74, 6) is 0. The van der Waals surface area contributed by atoms with Gasteiger partial charge in [0.25, 0.3) is 0 Å². The molecule has 0 aromatic rings. The van der Waals surface area contributed by atoms with Crippen LogP contribution in [0.1, 0.15) is 36.4 Å². The van der Waals surface area contributed by atoms with Crippen LogP contribution in [0.3, 0.4) is 0 Å². The Morgan fingerprint density at radius 2 is 1.68 bits per heavy atom. The lowest BCUT2D eigenvalue weighted by molar-refractivity contribution is -0.00477. The van der Waals surface area contributed by atoms with Crippen molar-refractivity contribution in [2.24, 2.45) is 0 Å². The van der Waals surface area contributed by atoms with Crippen LogP contribution in [0.2, 0.25) is 18.1 Å². The molecule has 0 aromatic heterocycles. The zero-order valence-corrected chi connectivity index (χ0v) is 17.5. The molecule has 2 fully saturated rings. The van der Waals surface area contributed by atoms with E-state index in [0.29, 0.717) is 0 Å². The van der Waals surface area contributed by atoms with E-state index < -0.39 is 54.2 Å². The number of aliphatic hydroxyl groups is 1. The standard InChI is InChI=1S/C16H32O7PSi/c1-16(2,3)25(4,5)21-11-15-13(7-9-20-15)23-24(18)22-12-6-8-19-14(12)10-17/h12-15,17H,6-11H2,1-5H3/q+1/t12-,13?,14-,15-/m1/s1/i8T,9T/t8?,9?,12-,13?,14-,15-. The molecule has 0 saturated carbocycles. The Morgan fingerprint density at radius 3 is 2.20 bits per heavy atom. The van der Waals surface area contributed by atoms with Crippen molar-refractivity contribution in [3.63, 3.8) is 0 Å². The lowest BCUT2D eigenvalue weighted by atomic mass is 10.2. The highest BCUT2D eigenvalue weighted by atomic mass is 31.1. The van der Waals surface area contributed by atoms with Crippen molar-refractivity contribution in [1.29, 1.82) is 0 Å². The molecule has 9 heteroatoms. The summed E-state index contributed by atoms with van der Waals surface area (Å²) >= 11 is 0. The molecule has 0 radical (unpaired) electrons. The van der Waals surface area contributed by atoms with Crippen LogP contribution in [0.25, 0.3) is 0 Å². The highest BCUT2D eigenvalue weighted by Crippen LogP contribution is 2.39. The van der Waals surface area contributed by atoms with E-state index in [9.17, 15) is 9.67 Å². The molecule has 25 heavy (non-hydrogen) atoms. The summed E-state index contributed by atoms with van der Waals surface area (Å²) in [6.45, 7) is 9.08. The predicted molar refractivity (Wildman–Crippen MR) is 96.3 cm³/mol. The normalized spacial score (nSPS) is 38.6. The van der Waals surface area contributed by atoms with Crippen molar-refractivity contribution in [1.82, 2.24) is 0 Å². The Bertz CT molecular complexity index is 519. The van der Waals surface area contributed by atoms with Gasteiger partial charge in [-0.05, 0) is 18.1 Å². The van der Waals surface area contributed by atoms with Crippen LogP contribution in [0.4, 0.5) is 0 Å². The maximum atomic E-state index is 12.3. The number of rotatable bonds is 8. The van der Waals surface area contributed by atoms with Crippen LogP contribution in [0, 0.1) is 0 Å². The molecule has 0 spiro atoms. The van der Waals surface area contributed by atoms with Crippen molar-refractivity contribution in [3.05, 3.63) is 0 Å². The van der Waals surface area contributed by atoms with E-state index in [-0.39, 0.29) is 31.1 Å². The molecule has 1 N–H and O–H groups in total. The van der Waals surface area contributed by atoms with Gasteiger partial charge in [-0.25, -0.2) is 0 Å². The first-order valence-corrected chi connectivity index (χ1v) is 12.6. The average Bonchev–Trinajstić information content (AvgIpc) is 3.06. The van der Waals surface area contributed by atoms with Crippen molar-refractivity contribution < 1.29 is 35.4 Å². The highest BCUT2D eigenvalue weighted by Gasteiger charge is 2.44. The van der Waals surface area contributed by atoms with Crippen LogP contribution in [0.15, 0.2) is 0 Å². The fourth-order valence-electron chi connectivity index (χ4n) is 2.31. The van der Waals surface area contributed by atoms with Gasteiger partial charge in [0, 0.05) is 30.6 Å². The lowest BCUT2D eigenvalue weighted by Gasteiger charge is -2.37.